The minimum atomic E-state index is -1.80. The van der Waals surface area contributed by atoms with Crippen LogP contribution in [0.15, 0.2) is 19.7 Å². The summed E-state index contributed by atoms with van der Waals surface area (Å²) in [6.07, 6.45) is 6.85. The molecule has 0 fully saturated rings. The summed E-state index contributed by atoms with van der Waals surface area (Å²) in [4.78, 5) is -1.59. The number of aliphatic hydroxyl groups is 1. The van der Waals surface area contributed by atoms with E-state index in [1.54, 1.807) is 6.08 Å². The molecule has 0 aromatic carbocycles. The molecule has 0 saturated heterocycles. The first-order valence-corrected chi connectivity index (χ1v) is 9.39. The molecule has 3 nitrogen and oxygen atoms in total. The lowest BCUT2D eigenvalue weighted by molar-refractivity contribution is -0.203. The molecule has 1 N–H and O–H groups in total. The Morgan fingerprint density at radius 1 is 1.38 bits per heavy atom. The van der Waals surface area contributed by atoms with Gasteiger partial charge in [0, 0.05) is 25.1 Å². The van der Waals surface area contributed by atoms with E-state index in [2.05, 4.69) is 51.1 Å². The van der Waals surface area contributed by atoms with Crippen LogP contribution in [0.1, 0.15) is 6.42 Å². The highest BCUT2D eigenvalue weighted by Crippen LogP contribution is 2.60. The molecule has 1 rings (SSSR count). The summed E-state index contributed by atoms with van der Waals surface area (Å²) < 4.78 is 12.4. The van der Waals surface area contributed by atoms with Gasteiger partial charge in [0.05, 0.1) is 10.1 Å². The molecule has 0 amide bonds. The molecule has 0 radical (unpaired) electrons. The number of rotatable bonds is 5. The number of methoxy groups -OCH3 is 2. The number of alkyl halides is 2. The minimum Gasteiger partial charge on any atom is -0.381 e. The summed E-state index contributed by atoms with van der Waals surface area (Å²) in [5, 5.41) is 10.9. The molecule has 0 heterocycles. The van der Waals surface area contributed by atoms with Crippen LogP contribution in [-0.4, -0.2) is 40.0 Å². The van der Waals surface area contributed by atoms with Crippen LogP contribution in [0.3, 0.4) is 0 Å². The van der Waals surface area contributed by atoms with Crippen molar-refractivity contribution in [3.8, 4) is 12.3 Å². The van der Waals surface area contributed by atoms with E-state index in [-0.39, 0.29) is 16.5 Å². The number of ether oxygens (including phenoxy) is 2. The van der Waals surface area contributed by atoms with Gasteiger partial charge in [0.1, 0.15) is 5.60 Å². The van der Waals surface area contributed by atoms with Crippen molar-refractivity contribution in [2.75, 3.05) is 18.6 Å². The highest BCUT2D eigenvalue weighted by atomic mass is 127. The Morgan fingerprint density at radius 2 is 1.90 bits per heavy atom. The summed E-state index contributed by atoms with van der Waals surface area (Å²) in [7, 11) is 2.75. The van der Waals surface area contributed by atoms with E-state index in [1.165, 1.54) is 14.2 Å². The van der Waals surface area contributed by atoms with Crippen molar-refractivity contribution < 1.29 is 14.6 Å². The second-order valence-corrected chi connectivity index (χ2v) is 7.83. The van der Waals surface area contributed by atoms with E-state index in [4.69, 9.17) is 50.7 Å². The number of hydrogen-bond acceptors (Lipinski definition) is 3. The number of halogens is 5. The van der Waals surface area contributed by atoms with Crippen LogP contribution in [0.4, 0.5) is 0 Å². The Bertz CT molecular complexity index is 525. The predicted octanol–water partition coefficient (Wildman–Crippen LogP) is 4.16. The van der Waals surface area contributed by atoms with Gasteiger partial charge in [-0.15, -0.1) is 23.9 Å². The smallest absolute Gasteiger partial charge is 0.233 e. The molecule has 0 aliphatic heterocycles. The van der Waals surface area contributed by atoms with Gasteiger partial charge >= 0.3 is 0 Å². The lowest BCUT2D eigenvalue weighted by Crippen LogP contribution is -2.60. The SMILES string of the molecule is C#CC[C@@]1(O)C(Cl)=C(Cl)C(OC)(OC)[C@@]1(Cl)/C=C(\I)CI. The zero-order valence-corrected chi connectivity index (χ0v) is 17.8. The van der Waals surface area contributed by atoms with Crippen molar-refractivity contribution in [3.05, 3.63) is 19.7 Å². The van der Waals surface area contributed by atoms with Crippen LogP contribution in [0.5, 0.6) is 0 Å². The maximum atomic E-state index is 11.0. The largest absolute Gasteiger partial charge is 0.381 e. The van der Waals surface area contributed by atoms with Gasteiger partial charge in [0.25, 0.3) is 0 Å². The van der Waals surface area contributed by atoms with Crippen LogP contribution >= 0.6 is 80.0 Å². The van der Waals surface area contributed by atoms with Crippen LogP contribution < -0.4 is 0 Å². The summed E-state index contributed by atoms with van der Waals surface area (Å²) in [6.45, 7) is 0. The molecule has 0 saturated carbocycles. The van der Waals surface area contributed by atoms with Crippen LogP contribution in [0.2, 0.25) is 0 Å². The van der Waals surface area contributed by atoms with E-state index in [0.29, 0.717) is 4.43 Å². The van der Waals surface area contributed by atoms with Gasteiger partial charge in [-0.3, -0.25) is 0 Å². The van der Waals surface area contributed by atoms with Gasteiger partial charge in [-0.1, -0.05) is 45.8 Å². The summed E-state index contributed by atoms with van der Waals surface area (Å²) in [5.74, 6) is 0.753. The maximum Gasteiger partial charge on any atom is 0.233 e. The molecule has 1 aliphatic carbocycles. The normalized spacial score (nSPS) is 32.4. The lowest BCUT2D eigenvalue weighted by atomic mass is 9.83. The summed E-state index contributed by atoms with van der Waals surface area (Å²) in [6, 6.07) is 0. The van der Waals surface area contributed by atoms with Gasteiger partial charge in [-0.25, -0.2) is 0 Å². The fraction of sp³-hybridized carbons (Fsp3) is 0.538. The molecular weight excluding hydrogens is 564 g/mol. The highest BCUT2D eigenvalue weighted by Gasteiger charge is 2.71. The zero-order chi connectivity index (χ0) is 16.5. The molecule has 118 valence electrons. The molecular formula is C13H13Cl3I2O3. The third-order valence-corrected chi connectivity index (χ3v) is 8.02. The first-order valence-electron chi connectivity index (χ1n) is 5.65. The van der Waals surface area contributed by atoms with Crippen LogP contribution in [0, 0.1) is 12.3 Å². The molecule has 1 aliphatic rings. The van der Waals surface area contributed by atoms with Crippen molar-refractivity contribution in [1.29, 1.82) is 0 Å². The summed E-state index contributed by atoms with van der Waals surface area (Å²) in [5.41, 5.74) is -1.80. The second-order valence-electron chi connectivity index (χ2n) is 4.33. The highest BCUT2D eigenvalue weighted by molar-refractivity contribution is 14.1. The Morgan fingerprint density at radius 3 is 2.29 bits per heavy atom. The molecule has 0 unspecified atom stereocenters. The number of allylic oxidation sites excluding steroid dienone is 1. The van der Waals surface area contributed by atoms with E-state index in [1.807, 2.05) is 0 Å². The molecule has 0 aromatic heterocycles. The van der Waals surface area contributed by atoms with Gasteiger partial charge in [-0.05, 0) is 32.2 Å². The standard InChI is InChI=1S/C13H13Cl3I2O3/c1-4-5-11(19)9(14)10(15)13(20-2,21-3)12(11,16)6-8(18)7-17/h1,6,19H,5,7H2,2-3H3/b8-6-/t11-,12-/m1/s1. The van der Waals surface area contributed by atoms with Crippen molar-refractivity contribution in [2.24, 2.45) is 0 Å². The summed E-state index contributed by atoms with van der Waals surface area (Å²) >= 11 is 23.5. The first kappa shape index (κ1) is 20.3. The molecule has 0 aromatic rings. The minimum absolute atomic E-state index is 0.0178. The second kappa shape index (κ2) is 7.43. The molecule has 8 heteroatoms. The Kier molecular flexibility index (Phi) is 7.18. The fourth-order valence-electron chi connectivity index (χ4n) is 2.30. The van der Waals surface area contributed by atoms with Gasteiger partial charge in [0.2, 0.25) is 5.79 Å². The van der Waals surface area contributed by atoms with Crippen LogP contribution in [0.25, 0.3) is 0 Å². The Labute approximate surface area is 166 Å². The molecule has 21 heavy (non-hydrogen) atoms. The maximum absolute atomic E-state index is 11.0. The first-order chi connectivity index (χ1) is 9.70. The molecule has 0 spiro atoms. The average molecular weight is 577 g/mol. The monoisotopic (exact) mass is 576 g/mol. The fourth-order valence-corrected chi connectivity index (χ4v) is 4.61. The van der Waals surface area contributed by atoms with E-state index in [9.17, 15) is 5.11 Å². The quantitative estimate of drug-likeness (QED) is 0.231. The van der Waals surface area contributed by atoms with Gasteiger partial charge in [-0.2, -0.15) is 0 Å². The van der Waals surface area contributed by atoms with Crippen LogP contribution in [-0.2, 0) is 9.47 Å². The predicted molar refractivity (Wildman–Crippen MR) is 103 cm³/mol. The van der Waals surface area contributed by atoms with Crippen molar-refractivity contribution >= 4 is 80.0 Å². The van der Waals surface area contributed by atoms with Crippen molar-refractivity contribution in [3.63, 3.8) is 0 Å². The number of terminal acetylenes is 1. The average Bonchev–Trinajstić information content (AvgIpc) is 2.57. The third kappa shape index (κ3) is 2.88. The Hall–Kier alpha value is 1.25. The van der Waals surface area contributed by atoms with Gasteiger partial charge in [0.15, 0.2) is 4.87 Å². The van der Waals surface area contributed by atoms with Crippen molar-refractivity contribution in [1.82, 2.24) is 0 Å². The van der Waals surface area contributed by atoms with E-state index >= 15 is 0 Å². The molecule has 0 bridgehead atoms. The van der Waals surface area contributed by atoms with E-state index < -0.39 is 16.3 Å². The number of hydrogen-bond donors (Lipinski definition) is 1. The Balaban J connectivity index is 3.71. The van der Waals surface area contributed by atoms with Crippen molar-refractivity contribution in [2.45, 2.75) is 22.7 Å². The topological polar surface area (TPSA) is 38.7 Å². The third-order valence-electron chi connectivity index (χ3n) is 3.34. The lowest BCUT2D eigenvalue weighted by Gasteiger charge is -2.44. The van der Waals surface area contributed by atoms with Gasteiger partial charge < -0.3 is 14.6 Å². The van der Waals surface area contributed by atoms with E-state index in [0.717, 1.165) is 3.58 Å². The molecule has 2 atom stereocenters. The zero-order valence-electron chi connectivity index (χ0n) is 11.2.